The van der Waals surface area contributed by atoms with Gasteiger partial charge in [0, 0.05) is 42.5 Å². The minimum absolute atomic E-state index is 0. The zero-order valence-electron chi connectivity index (χ0n) is 10.9. The second kappa shape index (κ2) is 25.0. The molecule has 0 bridgehead atoms. The maximum absolute atomic E-state index is 8.06. The smallest absolute Gasteiger partial charge is 0.0648 e. The number of hydrogen-bond donors (Lipinski definition) is 1. The molecular weight excluding hydrogens is 494 g/mol. The van der Waals surface area contributed by atoms with Gasteiger partial charge in [0.05, 0.1) is 12.7 Å². The van der Waals surface area contributed by atoms with E-state index in [4.69, 9.17) is 9.84 Å². The Balaban J connectivity index is -0.0000000700. The van der Waals surface area contributed by atoms with Gasteiger partial charge in [-0.15, -0.1) is 13.2 Å². The molecule has 0 saturated carbocycles. The molecule has 0 unspecified atom stereocenters. The summed E-state index contributed by atoms with van der Waals surface area (Å²) in [5.74, 6) is 0. The zero-order chi connectivity index (χ0) is 12.7. The van der Waals surface area contributed by atoms with E-state index in [1.54, 1.807) is 26.0 Å². The number of aliphatic hydroxyl groups is 1. The molecule has 0 aliphatic rings. The minimum atomic E-state index is -0.167. The number of allylic oxidation sites excluding steroid dienone is 1. The number of aliphatic hydroxyl groups excluding tert-OH is 1. The molecule has 0 aromatic carbocycles. The van der Waals surface area contributed by atoms with Crippen molar-refractivity contribution in [3.63, 3.8) is 0 Å². The second-order valence-electron chi connectivity index (χ2n) is 3.21. The normalized spacial score (nSPS) is 8.00. The summed E-state index contributed by atoms with van der Waals surface area (Å²) in [5, 5.41) is 8.95. The summed E-state index contributed by atoms with van der Waals surface area (Å²) >= 11 is 3.13. The summed E-state index contributed by atoms with van der Waals surface area (Å²) in [6, 6.07) is 0. The van der Waals surface area contributed by atoms with Crippen molar-refractivity contribution in [2.75, 3.05) is 11.9 Å². The summed E-state index contributed by atoms with van der Waals surface area (Å²) in [6.45, 7) is 15.1. The van der Waals surface area contributed by atoms with Crippen LogP contribution in [0.5, 0.6) is 0 Å². The van der Waals surface area contributed by atoms with Crippen molar-refractivity contribution < 1.29 is 41.0 Å². The van der Waals surface area contributed by atoms with Gasteiger partial charge in [0.15, 0.2) is 0 Å². The molecule has 0 aromatic rings. The molecule has 0 radical (unpaired) electrons. The fraction of sp³-hybridized carbons (Fsp3) is 0.667. The van der Waals surface area contributed by atoms with E-state index in [1.807, 2.05) is 13.8 Å². The molecule has 0 spiro atoms. The van der Waals surface area contributed by atoms with Crippen LogP contribution < -0.4 is 0 Å². The van der Waals surface area contributed by atoms with E-state index < -0.39 is 0 Å². The Bertz CT molecular complexity index is 125. The van der Waals surface area contributed by atoms with Gasteiger partial charge in [0.2, 0.25) is 0 Å². The van der Waals surface area contributed by atoms with Gasteiger partial charge in [0.1, 0.15) is 0 Å². The van der Waals surface area contributed by atoms with Gasteiger partial charge in [-0.2, -0.15) is 0 Å². The molecule has 4 heteroatoms. The molecule has 0 rings (SSSR count). The van der Waals surface area contributed by atoms with Gasteiger partial charge in [-0.05, 0) is 27.7 Å². The van der Waals surface area contributed by atoms with Crippen molar-refractivity contribution in [2.24, 2.45) is 0 Å². The summed E-state index contributed by atoms with van der Waals surface area (Å²) in [5.41, 5.74) is 0. The van der Waals surface area contributed by atoms with Crippen LogP contribution in [0.4, 0.5) is 0 Å². The molecule has 0 saturated heterocycles. The van der Waals surface area contributed by atoms with Crippen LogP contribution in [0, 0.1) is 31.1 Å². The molecule has 0 fully saturated rings. The molecule has 0 amide bonds. The Kier molecular flexibility index (Phi) is 40.1. The van der Waals surface area contributed by atoms with E-state index in [1.165, 1.54) is 0 Å². The van der Waals surface area contributed by atoms with Crippen LogP contribution in [0.2, 0.25) is 0 Å². The van der Waals surface area contributed by atoms with Gasteiger partial charge < -0.3 is 9.84 Å². The zero-order valence-corrected chi connectivity index (χ0v) is 16.6. The standard InChI is InChI=1S/C6H12O.C3H5Br.C3H8O.U/c1-4-5-7-6(2)3;1-2-3-4;1-3(2)4;/h4,6H,1,5H2,2-3H3;2H,1,3H2;3-4H,1-2H3;. The number of hydrogen-bond acceptors (Lipinski definition) is 2. The Labute approximate surface area is 133 Å². The molecule has 0 aromatic heterocycles. The van der Waals surface area contributed by atoms with Gasteiger partial charge >= 0.3 is 0 Å². The number of alkyl halides is 1. The SMILES string of the molecule is C=CCBr.C=CCOC(C)C.CC(C)O.[U]. The van der Waals surface area contributed by atoms with Crippen LogP contribution in [-0.4, -0.2) is 29.3 Å². The van der Waals surface area contributed by atoms with E-state index in [9.17, 15) is 0 Å². The van der Waals surface area contributed by atoms with Crippen LogP contribution in [0.15, 0.2) is 25.3 Å². The van der Waals surface area contributed by atoms with Crippen LogP contribution in [0.1, 0.15) is 27.7 Å². The molecule has 0 heterocycles. The van der Waals surface area contributed by atoms with Gasteiger partial charge in [-0.3, -0.25) is 0 Å². The third-order valence-corrected chi connectivity index (χ3v) is 1.11. The van der Waals surface area contributed by atoms with Crippen molar-refractivity contribution in [1.29, 1.82) is 0 Å². The number of rotatable bonds is 4. The molecule has 0 aliphatic carbocycles. The predicted octanol–water partition coefficient (Wildman–Crippen LogP) is 3.55. The van der Waals surface area contributed by atoms with Crippen LogP contribution >= 0.6 is 15.9 Å². The van der Waals surface area contributed by atoms with Crippen LogP contribution in [0.25, 0.3) is 0 Å². The van der Waals surface area contributed by atoms with Crippen molar-refractivity contribution in [1.82, 2.24) is 0 Å². The molecule has 96 valence electrons. The van der Waals surface area contributed by atoms with Gasteiger partial charge in [-0.25, -0.2) is 0 Å². The minimum Gasteiger partial charge on any atom is -0.394 e. The van der Waals surface area contributed by atoms with E-state index in [0.717, 1.165) is 5.33 Å². The first-order chi connectivity index (χ1) is 6.92. The maximum atomic E-state index is 8.06. The Hall–Kier alpha value is 0.932. The quantitative estimate of drug-likeness (QED) is 0.455. The topological polar surface area (TPSA) is 29.5 Å². The van der Waals surface area contributed by atoms with E-state index in [2.05, 4.69) is 29.1 Å². The molecule has 0 aliphatic heterocycles. The molecule has 0 atom stereocenters. The fourth-order valence-corrected chi connectivity index (χ4v) is 0.260. The monoisotopic (exact) mass is 518 g/mol. The maximum Gasteiger partial charge on any atom is 0.0648 e. The number of ether oxygens (including phenoxy) is 1. The van der Waals surface area contributed by atoms with Gasteiger partial charge in [-0.1, -0.05) is 28.1 Å². The first-order valence-electron chi connectivity index (χ1n) is 4.99. The predicted molar refractivity (Wildman–Crippen MR) is 72.6 cm³/mol. The first-order valence-corrected chi connectivity index (χ1v) is 6.11. The summed E-state index contributed by atoms with van der Waals surface area (Å²) in [4.78, 5) is 0. The van der Waals surface area contributed by atoms with Gasteiger partial charge in [0.25, 0.3) is 0 Å². The van der Waals surface area contributed by atoms with E-state index in [0.29, 0.717) is 12.7 Å². The fourth-order valence-electron chi connectivity index (χ4n) is 0.260. The molecule has 16 heavy (non-hydrogen) atoms. The van der Waals surface area contributed by atoms with Crippen molar-refractivity contribution in [3.05, 3.63) is 25.3 Å². The van der Waals surface area contributed by atoms with E-state index in [-0.39, 0.29) is 37.2 Å². The van der Waals surface area contributed by atoms with Crippen LogP contribution in [0.3, 0.4) is 0 Å². The second-order valence-corrected chi connectivity index (χ2v) is 3.85. The first kappa shape index (κ1) is 25.7. The average molecular weight is 519 g/mol. The summed E-state index contributed by atoms with van der Waals surface area (Å²) in [7, 11) is 0. The Morgan fingerprint density at radius 3 is 1.56 bits per heavy atom. The molecule has 2 nitrogen and oxygen atoms in total. The largest absolute Gasteiger partial charge is 0.394 e. The van der Waals surface area contributed by atoms with Crippen molar-refractivity contribution in [2.45, 2.75) is 39.9 Å². The Morgan fingerprint density at radius 2 is 1.50 bits per heavy atom. The Morgan fingerprint density at radius 1 is 1.19 bits per heavy atom. The number of halogens is 1. The average Bonchev–Trinajstić information content (AvgIpc) is 2.14. The van der Waals surface area contributed by atoms with E-state index >= 15 is 0 Å². The van der Waals surface area contributed by atoms with Crippen molar-refractivity contribution >= 4 is 15.9 Å². The summed E-state index contributed by atoms with van der Waals surface area (Å²) in [6.07, 6.45) is 3.71. The third-order valence-electron chi connectivity index (χ3n) is 0.657. The van der Waals surface area contributed by atoms with Crippen LogP contribution in [-0.2, 0) is 4.74 Å². The third kappa shape index (κ3) is 82.4. The molecular formula is C12H25BrO2U. The molecule has 1 N–H and O–H groups in total. The van der Waals surface area contributed by atoms with Crippen molar-refractivity contribution in [3.8, 4) is 0 Å². The summed E-state index contributed by atoms with van der Waals surface area (Å²) < 4.78 is 5.07.